The summed E-state index contributed by atoms with van der Waals surface area (Å²) in [7, 11) is 0. The quantitative estimate of drug-likeness (QED) is 0.465. The van der Waals surface area contributed by atoms with Crippen LogP contribution in [0.2, 0.25) is 0 Å². The van der Waals surface area contributed by atoms with Crippen LogP contribution in [0, 0.1) is 18.3 Å². The number of carbonyl (C=O) groups excluding carboxylic acids is 1. The molecule has 3 rings (SSSR count). The normalized spacial score (nSPS) is 10.1. The van der Waals surface area contributed by atoms with Crippen molar-refractivity contribution in [1.82, 2.24) is 0 Å². The van der Waals surface area contributed by atoms with Crippen molar-refractivity contribution >= 4 is 5.97 Å². The van der Waals surface area contributed by atoms with E-state index >= 15 is 0 Å². The van der Waals surface area contributed by atoms with Crippen LogP contribution in [0.1, 0.15) is 17.5 Å². The average molecular weight is 357 g/mol. The van der Waals surface area contributed by atoms with Gasteiger partial charge in [-0.2, -0.15) is 5.26 Å². The fourth-order valence-corrected chi connectivity index (χ4v) is 2.52. The molecule has 0 bridgehead atoms. The summed E-state index contributed by atoms with van der Waals surface area (Å²) in [5.41, 5.74) is 3.77. The number of nitrogens with zero attached hydrogens (tertiary/aromatic N) is 1. The van der Waals surface area contributed by atoms with Gasteiger partial charge in [-0.3, -0.25) is 4.79 Å². The molecule has 0 amide bonds. The molecule has 3 aromatic rings. The SMILES string of the molecule is Cc1ccc(OCCC(=O)Oc2ccc(-c3ccc(C#N)cc3)cc2)cc1. The zero-order valence-electron chi connectivity index (χ0n) is 15.0. The van der Waals surface area contributed by atoms with E-state index in [0.717, 1.165) is 22.4 Å². The lowest BCUT2D eigenvalue weighted by atomic mass is 10.0. The molecule has 4 nitrogen and oxygen atoms in total. The number of aryl methyl sites for hydroxylation is 1. The van der Waals surface area contributed by atoms with Gasteiger partial charge < -0.3 is 9.47 Å². The Balaban J connectivity index is 1.50. The highest BCUT2D eigenvalue weighted by Gasteiger charge is 2.06. The zero-order chi connectivity index (χ0) is 19.1. The van der Waals surface area contributed by atoms with Crippen LogP contribution in [0.3, 0.4) is 0 Å². The standard InChI is InChI=1S/C23H19NO3/c1-17-2-10-21(11-3-17)26-15-14-23(25)27-22-12-8-20(9-13-22)19-6-4-18(16-24)5-7-19/h2-13H,14-15H2,1H3. The molecule has 0 N–H and O–H groups in total. The summed E-state index contributed by atoms with van der Waals surface area (Å²) in [6.45, 7) is 2.28. The van der Waals surface area contributed by atoms with E-state index in [-0.39, 0.29) is 19.0 Å². The largest absolute Gasteiger partial charge is 0.493 e. The molecule has 0 spiro atoms. The van der Waals surface area contributed by atoms with E-state index < -0.39 is 0 Å². The number of rotatable bonds is 6. The summed E-state index contributed by atoms with van der Waals surface area (Å²) in [5.74, 6) is 0.890. The van der Waals surface area contributed by atoms with Gasteiger partial charge in [0.25, 0.3) is 0 Å². The molecule has 0 aliphatic heterocycles. The minimum absolute atomic E-state index is 0.172. The maximum absolute atomic E-state index is 11.9. The molecule has 0 radical (unpaired) electrons. The van der Waals surface area contributed by atoms with E-state index in [1.54, 1.807) is 24.3 Å². The maximum Gasteiger partial charge on any atom is 0.314 e. The van der Waals surface area contributed by atoms with E-state index in [2.05, 4.69) is 6.07 Å². The summed E-state index contributed by atoms with van der Waals surface area (Å²) in [4.78, 5) is 11.9. The fourth-order valence-electron chi connectivity index (χ4n) is 2.52. The number of hydrogen-bond donors (Lipinski definition) is 0. The third-order valence-electron chi connectivity index (χ3n) is 4.03. The predicted octanol–water partition coefficient (Wildman–Crippen LogP) is 4.91. The van der Waals surface area contributed by atoms with Crippen molar-refractivity contribution in [2.75, 3.05) is 6.61 Å². The Morgan fingerprint density at radius 1 is 0.852 bits per heavy atom. The summed E-state index contributed by atoms with van der Waals surface area (Å²) in [6.07, 6.45) is 0.172. The molecule has 0 saturated heterocycles. The third kappa shape index (κ3) is 5.20. The first-order valence-corrected chi connectivity index (χ1v) is 8.65. The molecular formula is C23H19NO3. The van der Waals surface area contributed by atoms with Gasteiger partial charge in [-0.25, -0.2) is 0 Å². The molecule has 134 valence electrons. The van der Waals surface area contributed by atoms with Crippen LogP contribution in [0.25, 0.3) is 11.1 Å². The molecule has 27 heavy (non-hydrogen) atoms. The molecule has 0 unspecified atom stereocenters. The van der Waals surface area contributed by atoms with Crippen molar-refractivity contribution in [2.45, 2.75) is 13.3 Å². The van der Waals surface area contributed by atoms with Gasteiger partial charge in [-0.1, -0.05) is 42.0 Å². The Morgan fingerprint density at radius 2 is 1.41 bits per heavy atom. The monoisotopic (exact) mass is 357 g/mol. The van der Waals surface area contributed by atoms with Crippen molar-refractivity contribution in [3.8, 4) is 28.7 Å². The first-order chi connectivity index (χ1) is 13.1. The van der Waals surface area contributed by atoms with E-state index in [0.29, 0.717) is 11.3 Å². The molecule has 0 aliphatic carbocycles. The van der Waals surface area contributed by atoms with Crippen LogP contribution < -0.4 is 9.47 Å². The van der Waals surface area contributed by atoms with Crippen molar-refractivity contribution in [2.24, 2.45) is 0 Å². The topological polar surface area (TPSA) is 59.3 Å². The lowest BCUT2D eigenvalue weighted by Gasteiger charge is -2.08. The smallest absolute Gasteiger partial charge is 0.314 e. The molecule has 3 aromatic carbocycles. The minimum atomic E-state index is -0.340. The summed E-state index contributed by atoms with van der Waals surface area (Å²) in [6, 6.07) is 24.4. The Kier molecular flexibility index (Phi) is 5.86. The lowest BCUT2D eigenvalue weighted by molar-refractivity contribution is -0.134. The second-order valence-corrected chi connectivity index (χ2v) is 6.10. The Bertz CT molecular complexity index is 937. The third-order valence-corrected chi connectivity index (χ3v) is 4.03. The van der Waals surface area contributed by atoms with Crippen molar-refractivity contribution < 1.29 is 14.3 Å². The summed E-state index contributed by atoms with van der Waals surface area (Å²) >= 11 is 0. The minimum Gasteiger partial charge on any atom is -0.493 e. The van der Waals surface area contributed by atoms with Crippen molar-refractivity contribution in [3.63, 3.8) is 0 Å². The highest BCUT2D eigenvalue weighted by molar-refractivity contribution is 5.73. The van der Waals surface area contributed by atoms with E-state index in [1.807, 2.05) is 55.5 Å². The molecule has 0 fully saturated rings. The average Bonchev–Trinajstić information content (AvgIpc) is 2.70. The highest BCUT2D eigenvalue weighted by atomic mass is 16.5. The van der Waals surface area contributed by atoms with Crippen LogP contribution in [0.5, 0.6) is 11.5 Å². The van der Waals surface area contributed by atoms with Gasteiger partial charge in [0, 0.05) is 0 Å². The van der Waals surface area contributed by atoms with Gasteiger partial charge in [0.1, 0.15) is 11.5 Å². The molecule has 0 aliphatic rings. The molecule has 0 saturated carbocycles. The van der Waals surface area contributed by atoms with Gasteiger partial charge >= 0.3 is 5.97 Å². The summed E-state index contributed by atoms with van der Waals surface area (Å²) in [5, 5.41) is 8.85. The van der Waals surface area contributed by atoms with Gasteiger partial charge in [0.2, 0.25) is 0 Å². The number of benzene rings is 3. The van der Waals surface area contributed by atoms with Gasteiger partial charge in [-0.15, -0.1) is 0 Å². The Morgan fingerprint density at radius 3 is 2.00 bits per heavy atom. The molecule has 4 heteroatoms. The lowest BCUT2D eigenvalue weighted by Crippen LogP contribution is -2.12. The number of hydrogen-bond acceptors (Lipinski definition) is 4. The number of carbonyl (C=O) groups is 1. The second-order valence-electron chi connectivity index (χ2n) is 6.10. The first kappa shape index (κ1) is 18.2. The van der Waals surface area contributed by atoms with Gasteiger partial charge in [-0.05, 0) is 54.4 Å². The van der Waals surface area contributed by atoms with Crippen LogP contribution in [0.15, 0.2) is 72.8 Å². The van der Waals surface area contributed by atoms with E-state index in [9.17, 15) is 4.79 Å². The second kappa shape index (κ2) is 8.68. The molecule has 0 heterocycles. The van der Waals surface area contributed by atoms with Crippen LogP contribution in [-0.4, -0.2) is 12.6 Å². The van der Waals surface area contributed by atoms with Gasteiger partial charge in [0.05, 0.1) is 24.7 Å². The Hall–Kier alpha value is -3.58. The molecular weight excluding hydrogens is 338 g/mol. The number of nitriles is 1. The number of esters is 1. The maximum atomic E-state index is 11.9. The Labute approximate surface area is 158 Å². The number of ether oxygens (including phenoxy) is 2. The highest BCUT2D eigenvalue weighted by Crippen LogP contribution is 2.23. The van der Waals surface area contributed by atoms with Crippen molar-refractivity contribution in [1.29, 1.82) is 5.26 Å². The zero-order valence-corrected chi connectivity index (χ0v) is 15.0. The van der Waals surface area contributed by atoms with Crippen LogP contribution >= 0.6 is 0 Å². The van der Waals surface area contributed by atoms with Crippen LogP contribution in [-0.2, 0) is 4.79 Å². The first-order valence-electron chi connectivity index (χ1n) is 8.65. The van der Waals surface area contributed by atoms with Crippen molar-refractivity contribution in [3.05, 3.63) is 83.9 Å². The van der Waals surface area contributed by atoms with Crippen LogP contribution in [0.4, 0.5) is 0 Å². The van der Waals surface area contributed by atoms with E-state index in [1.165, 1.54) is 0 Å². The predicted molar refractivity (Wildman–Crippen MR) is 104 cm³/mol. The van der Waals surface area contributed by atoms with E-state index in [4.69, 9.17) is 14.7 Å². The molecule has 0 atom stereocenters. The molecule has 0 aromatic heterocycles. The fraction of sp³-hybridized carbons (Fsp3) is 0.130. The summed E-state index contributed by atoms with van der Waals surface area (Å²) < 4.78 is 10.9. The van der Waals surface area contributed by atoms with Gasteiger partial charge in [0.15, 0.2) is 0 Å².